The highest BCUT2D eigenvalue weighted by molar-refractivity contribution is 4.77. The summed E-state index contributed by atoms with van der Waals surface area (Å²) in [5, 5.41) is 6.85. The molecule has 0 saturated carbocycles. The van der Waals surface area contributed by atoms with E-state index in [1.807, 2.05) is 0 Å². The summed E-state index contributed by atoms with van der Waals surface area (Å²) in [5.74, 6) is 0. The number of ether oxygens (including phenoxy) is 1. The molecule has 2 atom stereocenters. The average Bonchev–Trinajstić information content (AvgIpc) is 2.59. The summed E-state index contributed by atoms with van der Waals surface area (Å²) in [6.07, 6.45) is 3.24. The van der Waals surface area contributed by atoms with E-state index < -0.39 is 0 Å². The smallest absolute Gasteiger partial charge is 0.0704 e. The van der Waals surface area contributed by atoms with Crippen molar-refractivity contribution in [1.82, 2.24) is 10.6 Å². The highest BCUT2D eigenvalue weighted by Gasteiger charge is 2.24. The van der Waals surface area contributed by atoms with Gasteiger partial charge in [0, 0.05) is 25.2 Å². The Morgan fingerprint density at radius 3 is 1.67 bits per heavy atom. The highest BCUT2D eigenvalue weighted by atomic mass is 16.5. The largest absolute Gasteiger partial charge is 0.372 e. The molecule has 0 aromatic carbocycles. The second-order valence-corrected chi connectivity index (χ2v) is 5.08. The molecule has 0 aliphatic carbocycles. The van der Waals surface area contributed by atoms with Crippen LogP contribution in [0.3, 0.4) is 0 Å². The van der Waals surface area contributed by atoms with Gasteiger partial charge in [-0.15, -0.1) is 0 Å². The average molecular weight is 214 g/mol. The van der Waals surface area contributed by atoms with Crippen LogP contribution < -0.4 is 10.6 Å². The molecule has 0 bridgehead atoms. The van der Waals surface area contributed by atoms with Gasteiger partial charge >= 0.3 is 0 Å². The molecular formula is C12H26N2O. The molecule has 1 aliphatic rings. The van der Waals surface area contributed by atoms with Crippen LogP contribution in [0.25, 0.3) is 0 Å². The van der Waals surface area contributed by atoms with Gasteiger partial charge in [-0.3, -0.25) is 0 Å². The Hall–Kier alpha value is -0.120. The summed E-state index contributed by atoms with van der Waals surface area (Å²) >= 11 is 0. The summed E-state index contributed by atoms with van der Waals surface area (Å²) in [5.41, 5.74) is 0. The maximum Gasteiger partial charge on any atom is 0.0704 e. The zero-order valence-electron chi connectivity index (χ0n) is 10.5. The van der Waals surface area contributed by atoms with E-state index in [-0.39, 0.29) is 0 Å². The first kappa shape index (κ1) is 12.9. The van der Waals surface area contributed by atoms with Gasteiger partial charge in [0.25, 0.3) is 0 Å². The SMILES string of the molecule is CC(C)NC[C@H]1CC[C@H](CNC(C)C)O1. The first-order valence-electron chi connectivity index (χ1n) is 6.20. The minimum atomic E-state index is 0.423. The van der Waals surface area contributed by atoms with Crippen molar-refractivity contribution in [3.63, 3.8) is 0 Å². The van der Waals surface area contributed by atoms with E-state index in [9.17, 15) is 0 Å². The number of hydrogen-bond donors (Lipinski definition) is 2. The molecule has 2 N–H and O–H groups in total. The quantitative estimate of drug-likeness (QED) is 0.703. The Morgan fingerprint density at radius 1 is 0.933 bits per heavy atom. The summed E-state index contributed by atoms with van der Waals surface area (Å²) < 4.78 is 5.94. The molecule has 0 unspecified atom stereocenters. The third-order valence-electron chi connectivity index (χ3n) is 2.70. The van der Waals surface area contributed by atoms with Gasteiger partial charge in [-0.2, -0.15) is 0 Å². The maximum atomic E-state index is 5.94. The zero-order chi connectivity index (χ0) is 11.3. The van der Waals surface area contributed by atoms with Crippen molar-refractivity contribution >= 4 is 0 Å². The van der Waals surface area contributed by atoms with Gasteiger partial charge in [-0.1, -0.05) is 27.7 Å². The van der Waals surface area contributed by atoms with Gasteiger partial charge in [0.15, 0.2) is 0 Å². The van der Waals surface area contributed by atoms with Crippen LogP contribution in [0.1, 0.15) is 40.5 Å². The number of nitrogens with one attached hydrogen (secondary N) is 2. The summed E-state index contributed by atoms with van der Waals surface area (Å²) in [6.45, 7) is 10.7. The van der Waals surface area contributed by atoms with Crippen molar-refractivity contribution in [2.45, 2.75) is 64.8 Å². The lowest BCUT2D eigenvalue weighted by Gasteiger charge is -2.17. The van der Waals surface area contributed by atoms with Crippen LogP contribution in [-0.2, 0) is 4.74 Å². The van der Waals surface area contributed by atoms with Crippen LogP contribution in [0.5, 0.6) is 0 Å². The fourth-order valence-corrected chi connectivity index (χ4v) is 1.81. The van der Waals surface area contributed by atoms with E-state index in [4.69, 9.17) is 4.74 Å². The van der Waals surface area contributed by atoms with E-state index in [1.165, 1.54) is 12.8 Å². The third kappa shape index (κ3) is 5.50. The Bertz CT molecular complexity index is 153. The predicted octanol–water partition coefficient (Wildman–Crippen LogP) is 1.53. The highest BCUT2D eigenvalue weighted by Crippen LogP contribution is 2.18. The summed E-state index contributed by atoms with van der Waals surface area (Å²) in [4.78, 5) is 0. The van der Waals surface area contributed by atoms with Gasteiger partial charge in [0.2, 0.25) is 0 Å². The van der Waals surface area contributed by atoms with Crippen molar-refractivity contribution < 1.29 is 4.74 Å². The van der Waals surface area contributed by atoms with E-state index in [1.54, 1.807) is 0 Å². The topological polar surface area (TPSA) is 33.3 Å². The zero-order valence-corrected chi connectivity index (χ0v) is 10.5. The first-order chi connectivity index (χ1) is 7.08. The molecule has 0 radical (unpaired) electrons. The van der Waals surface area contributed by atoms with Crippen molar-refractivity contribution in [1.29, 1.82) is 0 Å². The molecule has 3 nitrogen and oxygen atoms in total. The van der Waals surface area contributed by atoms with Gasteiger partial charge in [-0.25, -0.2) is 0 Å². The van der Waals surface area contributed by atoms with Gasteiger partial charge in [0.05, 0.1) is 12.2 Å². The minimum absolute atomic E-state index is 0.423. The Kier molecular flexibility index (Phi) is 5.58. The van der Waals surface area contributed by atoms with Crippen LogP contribution in [0.15, 0.2) is 0 Å². The Morgan fingerprint density at radius 2 is 1.33 bits per heavy atom. The molecule has 0 aromatic heterocycles. The van der Waals surface area contributed by atoms with Crippen molar-refractivity contribution in [3.8, 4) is 0 Å². The molecule has 1 fully saturated rings. The first-order valence-corrected chi connectivity index (χ1v) is 6.20. The van der Waals surface area contributed by atoms with Crippen LogP contribution in [0.2, 0.25) is 0 Å². The Labute approximate surface area is 94.0 Å². The van der Waals surface area contributed by atoms with Gasteiger partial charge < -0.3 is 15.4 Å². The van der Waals surface area contributed by atoms with E-state index in [0.29, 0.717) is 24.3 Å². The molecule has 0 amide bonds. The van der Waals surface area contributed by atoms with Crippen LogP contribution in [0, 0.1) is 0 Å². The van der Waals surface area contributed by atoms with Crippen molar-refractivity contribution in [2.24, 2.45) is 0 Å². The number of rotatable bonds is 6. The monoisotopic (exact) mass is 214 g/mol. The molecule has 1 heterocycles. The van der Waals surface area contributed by atoms with Crippen LogP contribution in [-0.4, -0.2) is 37.4 Å². The fraction of sp³-hybridized carbons (Fsp3) is 1.00. The lowest BCUT2D eigenvalue weighted by atomic mass is 10.2. The van der Waals surface area contributed by atoms with Gasteiger partial charge in [0.1, 0.15) is 0 Å². The van der Waals surface area contributed by atoms with Gasteiger partial charge in [-0.05, 0) is 12.8 Å². The third-order valence-corrected chi connectivity index (χ3v) is 2.70. The molecule has 90 valence electrons. The molecule has 0 spiro atoms. The molecule has 1 saturated heterocycles. The summed E-state index contributed by atoms with van der Waals surface area (Å²) in [6, 6.07) is 1.11. The molecule has 1 rings (SSSR count). The molecule has 1 aliphatic heterocycles. The van der Waals surface area contributed by atoms with E-state index >= 15 is 0 Å². The lowest BCUT2D eigenvalue weighted by molar-refractivity contribution is 0.0438. The van der Waals surface area contributed by atoms with E-state index in [2.05, 4.69) is 38.3 Å². The van der Waals surface area contributed by atoms with Crippen molar-refractivity contribution in [2.75, 3.05) is 13.1 Å². The predicted molar refractivity (Wildman–Crippen MR) is 64.2 cm³/mol. The molecular weight excluding hydrogens is 188 g/mol. The molecule has 0 aromatic rings. The summed E-state index contributed by atoms with van der Waals surface area (Å²) in [7, 11) is 0. The maximum absolute atomic E-state index is 5.94. The standard InChI is InChI=1S/C12H26N2O/c1-9(2)13-7-11-5-6-12(15-11)8-14-10(3)4/h9-14H,5-8H2,1-4H3/t11-,12-/m1/s1. The molecule has 15 heavy (non-hydrogen) atoms. The second kappa shape index (κ2) is 6.46. The Balaban J connectivity index is 2.10. The second-order valence-electron chi connectivity index (χ2n) is 5.08. The normalized spacial score (nSPS) is 26.8. The van der Waals surface area contributed by atoms with E-state index in [0.717, 1.165) is 13.1 Å². The van der Waals surface area contributed by atoms with Crippen molar-refractivity contribution in [3.05, 3.63) is 0 Å². The minimum Gasteiger partial charge on any atom is -0.372 e. The number of hydrogen-bond acceptors (Lipinski definition) is 3. The fourth-order valence-electron chi connectivity index (χ4n) is 1.81. The van der Waals surface area contributed by atoms with Crippen LogP contribution >= 0.6 is 0 Å². The lowest BCUT2D eigenvalue weighted by Crippen LogP contribution is -2.35. The van der Waals surface area contributed by atoms with Crippen LogP contribution in [0.4, 0.5) is 0 Å². The molecule has 3 heteroatoms.